The lowest BCUT2D eigenvalue weighted by atomic mass is 9.94. The van der Waals surface area contributed by atoms with Gasteiger partial charge < -0.3 is 10.1 Å². The van der Waals surface area contributed by atoms with Crippen LogP contribution in [-0.2, 0) is 11.3 Å². The molecule has 2 aromatic rings. The maximum absolute atomic E-state index is 13.5. The summed E-state index contributed by atoms with van der Waals surface area (Å²) in [6, 6.07) is 15.2. The summed E-state index contributed by atoms with van der Waals surface area (Å²) in [6.07, 6.45) is 4.16. The summed E-state index contributed by atoms with van der Waals surface area (Å²) in [7, 11) is 0. The molecular weight excluding hydrogens is 370 g/mol. The van der Waals surface area contributed by atoms with Crippen molar-refractivity contribution in [1.29, 1.82) is 0 Å². The van der Waals surface area contributed by atoms with Crippen molar-refractivity contribution in [2.24, 2.45) is 0 Å². The number of hydrogen-bond donors (Lipinski definition) is 3. The van der Waals surface area contributed by atoms with Crippen LogP contribution in [-0.4, -0.2) is 40.7 Å². The smallest absolute Gasteiger partial charge is 0.267 e. The van der Waals surface area contributed by atoms with Crippen LogP contribution in [0.25, 0.3) is 6.08 Å². The molecule has 2 heterocycles. The number of nitrogens with one attached hydrogen (secondary N) is 2. The number of hydrogen-bond acceptors (Lipinski definition) is 5. The van der Waals surface area contributed by atoms with E-state index in [1.54, 1.807) is 23.7 Å². The molecule has 4 rings (SSSR count). The molecule has 2 aliphatic rings. The second-order valence-electron chi connectivity index (χ2n) is 7.24. The quantitative estimate of drug-likeness (QED) is 0.421. The van der Waals surface area contributed by atoms with E-state index in [1.165, 1.54) is 12.2 Å². The van der Waals surface area contributed by atoms with E-state index in [9.17, 15) is 9.59 Å². The molecule has 0 radical (unpaired) electrons. The average Bonchev–Trinajstić information content (AvgIpc) is 2.76. The normalized spacial score (nSPS) is 17.8. The molecule has 0 bridgehead atoms. The predicted octanol–water partition coefficient (Wildman–Crippen LogP) is 2.32. The Balaban J connectivity index is 1.70. The molecule has 1 saturated heterocycles. The molecule has 0 unspecified atom stereocenters. The Morgan fingerprint density at radius 1 is 1.21 bits per heavy atom. The van der Waals surface area contributed by atoms with E-state index < -0.39 is 11.6 Å². The summed E-state index contributed by atoms with van der Waals surface area (Å²) in [5.41, 5.74) is 3.06. The van der Waals surface area contributed by atoms with Crippen molar-refractivity contribution in [2.45, 2.75) is 25.1 Å². The number of benzene rings is 2. The van der Waals surface area contributed by atoms with Gasteiger partial charge in [0.15, 0.2) is 5.72 Å². The molecule has 0 saturated carbocycles. The van der Waals surface area contributed by atoms with Gasteiger partial charge in [-0.1, -0.05) is 36.4 Å². The molecular formula is C22H23N3O4. The van der Waals surface area contributed by atoms with Gasteiger partial charge in [0.05, 0.1) is 5.56 Å². The molecule has 150 valence electrons. The fraction of sp³-hybridized carbons (Fsp3) is 0.273. The Hall–Kier alpha value is -3.16. The van der Waals surface area contributed by atoms with Crippen LogP contribution in [0, 0.1) is 0 Å². The number of rotatable bonds is 4. The first-order chi connectivity index (χ1) is 14.1. The summed E-state index contributed by atoms with van der Waals surface area (Å²) >= 11 is 0. The zero-order valence-corrected chi connectivity index (χ0v) is 15.9. The van der Waals surface area contributed by atoms with E-state index >= 15 is 0 Å². The fourth-order valence-corrected chi connectivity index (χ4v) is 3.88. The number of piperidine rings is 1. The lowest BCUT2D eigenvalue weighted by molar-refractivity contribution is -0.124. The number of hydroxylamine groups is 1. The van der Waals surface area contributed by atoms with Crippen LogP contribution in [0.2, 0.25) is 0 Å². The molecule has 29 heavy (non-hydrogen) atoms. The van der Waals surface area contributed by atoms with Crippen LogP contribution < -0.4 is 15.5 Å². The van der Waals surface area contributed by atoms with Crippen LogP contribution in [0.5, 0.6) is 5.75 Å². The molecule has 3 N–H and O–H groups in total. The highest BCUT2D eigenvalue weighted by molar-refractivity contribution is 5.99. The number of amides is 2. The topological polar surface area (TPSA) is 90.9 Å². The Bertz CT molecular complexity index is 936. The van der Waals surface area contributed by atoms with Gasteiger partial charge in [0.1, 0.15) is 5.75 Å². The molecule has 2 aliphatic heterocycles. The Morgan fingerprint density at radius 3 is 2.69 bits per heavy atom. The van der Waals surface area contributed by atoms with Crippen molar-refractivity contribution in [2.75, 3.05) is 13.1 Å². The fourth-order valence-electron chi connectivity index (χ4n) is 3.88. The lowest BCUT2D eigenvalue weighted by Crippen LogP contribution is -2.62. The van der Waals surface area contributed by atoms with Gasteiger partial charge in [0.2, 0.25) is 0 Å². The minimum atomic E-state index is -0.667. The van der Waals surface area contributed by atoms with E-state index in [-0.39, 0.29) is 5.91 Å². The van der Waals surface area contributed by atoms with E-state index in [2.05, 4.69) is 5.32 Å². The molecule has 0 aromatic heterocycles. The molecule has 0 aliphatic carbocycles. The Labute approximate surface area is 168 Å². The molecule has 2 amide bonds. The van der Waals surface area contributed by atoms with Crippen molar-refractivity contribution in [3.63, 3.8) is 0 Å². The van der Waals surface area contributed by atoms with E-state index in [0.29, 0.717) is 36.3 Å². The monoisotopic (exact) mass is 393 g/mol. The number of ether oxygens (including phenoxy) is 1. The van der Waals surface area contributed by atoms with Crippen molar-refractivity contribution in [3.8, 4) is 5.75 Å². The van der Waals surface area contributed by atoms with Gasteiger partial charge in [-0.05, 0) is 29.3 Å². The molecule has 0 atom stereocenters. The Kier molecular flexibility index (Phi) is 5.33. The minimum absolute atomic E-state index is 0.0844. The highest BCUT2D eigenvalue weighted by Crippen LogP contribution is 2.39. The number of fused-ring (bicyclic) bond motifs is 1. The third-order valence-electron chi connectivity index (χ3n) is 5.38. The van der Waals surface area contributed by atoms with Crippen molar-refractivity contribution in [1.82, 2.24) is 15.7 Å². The zero-order valence-electron chi connectivity index (χ0n) is 15.9. The van der Waals surface area contributed by atoms with Crippen LogP contribution in [0.1, 0.15) is 34.3 Å². The SMILES string of the molecule is O=C(C=Cc1ccc2c(c1)C(=O)N(Cc1ccccc1)C1(CCNCC1)O2)NO. The predicted molar refractivity (Wildman–Crippen MR) is 107 cm³/mol. The highest BCUT2D eigenvalue weighted by Gasteiger charge is 2.47. The van der Waals surface area contributed by atoms with Gasteiger partial charge in [0.25, 0.3) is 11.8 Å². The van der Waals surface area contributed by atoms with Crippen LogP contribution in [0.4, 0.5) is 0 Å². The van der Waals surface area contributed by atoms with Crippen LogP contribution in [0.15, 0.2) is 54.6 Å². The molecule has 1 spiro atoms. The molecule has 2 aromatic carbocycles. The van der Waals surface area contributed by atoms with Crippen LogP contribution in [0.3, 0.4) is 0 Å². The van der Waals surface area contributed by atoms with Gasteiger partial charge >= 0.3 is 0 Å². The zero-order chi connectivity index (χ0) is 20.3. The van der Waals surface area contributed by atoms with Gasteiger partial charge in [-0.15, -0.1) is 0 Å². The summed E-state index contributed by atoms with van der Waals surface area (Å²) in [5, 5.41) is 12.0. The van der Waals surface area contributed by atoms with Gasteiger partial charge in [-0.25, -0.2) is 5.48 Å². The molecule has 7 nitrogen and oxygen atoms in total. The van der Waals surface area contributed by atoms with E-state index in [0.717, 1.165) is 18.7 Å². The summed E-state index contributed by atoms with van der Waals surface area (Å²) in [5.74, 6) is -0.159. The summed E-state index contributed by atoms with van der Waals surface area (Å²) < 4.78 is 6.44. The average molecular weight is 393 g/mol. The maximum atomic E-state index is 13.5. The third kappa shape index (κ3) is 3.87. The minimum Gasteiger partial charge on any atom is -0.467 e. The van der Waals surface area contributed by atoms with Crippen molar-refractivity contribution < 1.29 is 19.5 Å². The highest BCUT2D eigenvalue weighted by atomic mass is 16.5. The molecule has 7 heteroatoms. The first kappa shape index (κ1) is 19.2. The maximum Gasteiger partial charge on any atom is 0.267 e. The summed E-state index contributed by atoms with van der Waals surface area (Å²) in [6.45, 7) is 2.03. The lowest BCUT2D eigenvalue weighted by Gasteiger charge is -2.49. The second kappa shape index (κ2) is 8.06. The number of carbonyl (C=O) groups is 2. The molecule has 1 fully saturated rings. The van der Waals surface area contributed by atoms with Crippen LogP contribution >= 0.6 is 0 Å². The third-order valence-corrected chi connectivity index (χ3v) is 5.38. The standard InChI is InChI=1S/C22H23N3O4/c26-20(24-28)9-7-16-6-8-19-18(14-16)21(27)25(15-17-4-2-1-3-5-17)22(29-19)10-12-23-13-11-22/h1-9,14,23,28H,10-13,15H2,(H,24,26). The Morgan fingerprint density at radius 2 is 1.97 bits per heavy atom. The first-order valence-corrected chi connectivity index (χ1v) is 9.63. The number of nitrogens with zero attached hydrogens (tertiary/aromatic N) is 1. The van der Waals surface area contributed by atoms with E-state index in [1.807, 2.05) is 35.2 Å². The van der Waals surface area contributed by atoms with Gasteiger partial charge in [-0.3, -0.25) is 19.7 Å². The van der Waals surface area contributed by atoms with Gasteiger partial charge in [-0.2, -0.15) is 0 Å². The van der Waals surface area contributed by atoms with Gasteiger partial charge in [0, 0.05) is 38.6 Å². The summed E-state index contributed by atoms with van der Waals surface area (Å²) in [4.78, 5) is 26.6. The largest absolute Gasteiger partial charge is 0.467 e. The van der Waals surface area contributed by atoms with E-state index in [4.69, 9.17) is 9.94 Å². The van der Waals surface area contributed by atoms with Crippen molar-refractivity contribution >= 4 is 17.9 Å². The first-order valence-electron chi connectivity index (χ1n) is 9.63. The van der Waals surface area contributed by atoms with Crippen molar-refractivity contribution in [3.05, 3.63) is 71.3 Å². The number of carbonyl (C=O) groups excluding carboxylic acids is 2. The second-order valence-corrected chi connectivity index (χ2v) is 7.24.